The molecule has 0 saturated heterocycles. The number of carbonyl (C=O) groups is 1. The number of halogens is 1. The second-order valence-electron chi connectivity index (χ2n) is 5.02. The van der Waals surface area contributed by atoms with Gasteiger partial charge in [0, 0.05) is 5.92 Å². The predicted octanol–water partition coefficient (Wildman–Crippen LogP) is 2.69. The Balaban J connectivity index is 2.27. The van der Waals surface area contributed by atoms with Crippen LogP contribution < -0.4 is 0 Å². The minimum Gasteiger partial charge on any atom is -0.481 e. The zero-order valence-corrected chi connectivity index (χ0v) is 10.1. The Morgan fingerprint density at radius 2 is 2.00 bits per heavy atom. The van der Waals surface area contributed by atoms with Gasteiger partial charge >= 0.3 is 5.97 Å². The van der Waals surface area contributed by atoms with Gasteiger partial charge in [-0.2, -0.15) is 0 Å². The highest BCUT2D eigenvalue weighted by molar-refractivity contribution is 5.68. The van der Waals surface area contributed by atoms with E-state index in [2.05, 4.69) is 0 Å². The Labute approximate surface area is 105 Å². The van der Waals surface area contributed by atoms with E-state index in [0.29, 0.717) is 6.42 Å². The molecule has 2 N–H and O–H groups in total. The van der Waals surface area contributed by atoms with Crippen LogP contribution in [0.1, 0.15) is 43.6 Å². The van der Waals surface area contributed by atoms with Gasteiger partial charge in [0.15, 0.2) is 0 Å². The van der Waals surface area contributed by atoms with Crippen molar-refractivity contribution in [1.82, 2.24) is 0 Å². The van der Waals surface area contributed by atoms with Crippen molar-refractivity contribution >= 4 is 5.97 Å². The van der Waals surface area contributed by atoms with Gasteiger partial charge in [-0.15, -0.1) is 0 Å². The fourth-order valence-corrected chi connectivity index (χ4v) is 2.87. The van der Waals surface area contributed by atoms with Crippen LogP contribution in [-0.4, -0.2) is 21.8 Å². The minimum absolute atomic E-state index is 0.219. The molecule has 2 rings (SSSR count). The monoisotopic (exact) mass is 252 g/mol. The van der Waals surface area contributed by atoms with E-state index in [-0.39, 0.29) is 18.2 Å². The number of carboxylic acids is 1. The number of hydrogen-bond donors (Lipinski definition) is 2. The second-order valence-corrected chi connectivity index (χ2v) is 5.02. The number of aliphatic hydroxyl groups is 1. The van der Waals surface area contributed by atoms with E-state index in [9.17, 15) is 14.3 Å². The van der Waals surface area contributed by atoms with Crippen molar-refractivity contribution in [1.29, 1.82) is 0 Å². The zero-order valence-electron chi connectivity index (χ0n) is 10.1. The van der Waals surface area contributed by atoms with Crippen LogP contribution in [0.4, 0.5) is 4.39 Å². The molecule has 0 bridgehead atoms. The van der Waals surface area contributed by atoms with Crippen molar-refractivity contribution in [3.63, 3.8) is 0 Å². The van der Waals surface area contributed by atoms with E-state index in [1.54, 1.807) is 12.1 Å². The lowest BCUT2D eigenvalue weighted by Crippen LogP contribution is -2.41. The molecule has 1 fully saturated rings. The lowest BCUT2D eigenvalue weighted by molar-refractivity contribution is -0.145. The SMILES string of the molecule is O=C(O)CC1(O)CCCCC1c1ccc(F)cc1. The fraction of sp³-hybridized carbons (Fsp3) is 0.500. The predicted molar refractivity (Wildman–Crippen MR) is 64.8 cm³/mol. The third-order valence-corrected chi connectivity index (χ3v) is 3.73. The normalized spacial score (nSPS) is 28.0. The van der Waals surface area contributed by atoms with Crippen molar-refractivity contribution in [2.24, 2.45) is 0 Å². The van der Waals surface area contributed by atoms with Crippen LogP contribution in [0.2, 0.25) is 0 Å². The number of rotatable bonds is 3. The summed E-state index contributed by atoms with van der Waals surface area (Å²) in [6.07, 6.45) is 2.78. The van der Waals surface area contributed by atoms with Gasteiger partial charge in [0.2, 0.25) is 0 Å². The summed E-state index contributed by atoms with van der Waals surface area (Å²) in [6, 6.07) is 5.98. The van der Waals surface area contributed by atoms with Gasteiger partial charge < -0.3 is 10.2 Å². The van der Waals surface area contributed by atoms with Crippen LogP contribution >= 0.6 is 0 Å². The molecule has 0 spiro atoms. The average molecular weight is 252 g/mol. The summed E-state index contributed by atoms with van der Waals surface area (Å²) < 4.78 is 12.9. The first-order valence-corrected chi connectivity index (χ1v) is 6.21. The van der Waals surface area contributed by atoms with Crippen molar-refractivity contribution < 1.29 is 19.4 Å². The van der Waals surface area contributed by atoms with E-state index < -0.39 is 11.6 Å². The molecule has 3 nitrogen and oxygen atoms in total. The fourth-order valence-electron chi connectivity index (χ4n) is 2.87. The van der Waals surface area contributed by atoms with Crippen molar-refractivity contribution in [3.8, 4) is 0 Å². The first-order chi connectivity index (χ1) is 8.51. The number of hydrogen-bond acceptors (Lipinski definition) is 2. The lowest BCUT2D eigenvalue weighted by atomic mass is 9.70. The highest BCUT2D eigenvalue weighted by Gasteiger charge is 2.41. The van der Waals surface area contributed by atoms with Crippen LogP contribution in [0, 0.1) is 5.82 Å². The molecule has 0 radical (unpaired) electrons. The first-order valence-electron chi connectivity index (χ1n) is 6.21. The van der Waals surface area contributed by atoms with Crippen LogP contribution in [0.25, 0.3) is 0 Å². The Hall–Kier alpha value is -1.42. The highest BCUT2D eigenvalue weighted by atomic mass is 19.1. The largest absolute Gasteiger partial charge is 0.481 e. The van der Waals surface area contributed by atoms with Crippen LogP contribution in [0.15, 0.2) is 24.3 Å². The maximum Gasteiger partial charge on any atom is 0.306 e. The average Bonchev–Trinajstić information content (AvgIpc) is 2.29. The molecule has 1 aromatic rings. The molecular formula is C14H17FO3. The smallest absolute Gasteiger partial charge is 0.306 e. The van der Waals surface area contributed by atoms with Gasteiger partial charge in [0.1, 0.15) is 5.82 Å². The molecule has 18 heavy (non-hydrogen) atoms. The van der Waals surface area contributed by atoms with Crippen molar-refractivity contribution in [3.05, 3.63) is 35.6 Å². The van der Waals surface area contributed by atoms with Crippen molar-refractivity contribution in [2.75, 3.05) is 0 Å². The number of carboxylic acid groups (broad SMARTS) is 1. The number of benzene rings is 1. The topological polar surface area (TPSA) is 57.5 Å². The molecule has 4 heteroatoms. The van der Waals surface area contributed by atoms with E-state index in [1.165, 1.54) is 12.1 Å². The third-order valence-electron chi connectivity index (χ3n) is 3.73. The summed E-state index contributed by atoms with van der Waals surface area (Å²) in [5, 5.41) is 19.5. The van der Waals surface area contributed by atoms with E-state index in [1.807, 2.05) is 0 Å². The Bertz CT molecular complexity index is 429. The van der Waals surface area contributed by atoms with Crippen LogP contribution in [-0.2, 0) is 4.79 Å². The summed E-state index contributed by atoms with van der Waals surface area (Å²) in [6.45, 7) is 0. The molecule has 2 atom stereocenters. The molecule has 1 aliphatic rings. The Morgan fingerprint density at radius 3 is 2.61 bits per heavy atom. The van der Waals surface area contributed by atoms with Gasteiger partial charge in [-0.1, -0.05) is 25.0 Å². The van der Waals surface area contributed by atoms with Gasteiger partial charge in [-0.05, 0) is 30.5 Å². The molecule has 0 aliphatic heterocycles. The summed E-state index contributed by atoms with van der Waals surface area (Å²) in [4.78, 5) is 10.9. The van der Waals surface area contributed by atoms with E-state index >= 15 is 0 Å². The summed E-state index contributed by atoms with van der Waals surface area (Å²) >= 11 is 0. The second kappa shape index (κ2) is 5.06. The third kappa shape index (κ3) is 2.70. The van der Waals surface area contributed by atoms with E-state index in [4.69, 9.17) is 5.11 Å². The maximum absolute atomic E-state index is 12.9. The van der Waals surface area contributed by atoms with Gasteiger partial charge in [-0.3, -0.25) is 4.79 Å². The molecule has 1 aromatic carbocycles. The molecule has 0 aromatic heterocycles. The molecular weight excluding hydrogens is 235 g/mol. The first kappa shape index (κ1) is 13.0. The van der Waals surface area contributed by atoms with Gasteiger partial charge in [-0.25, -0.2) is 4.39 Å². The van der Waals surface area contributed by atoms with Crippen LogP contribution in [0.5, 0.6) is 0 Å². The summed E-state index contributed by atoms with van der Waals surface area (Å²) in [5.74, 6) is -1.54. The molecule has 0 amide bonds. The molecule has 2 unspecified atom stereocenters. The molecule has 98 valence electrons. The quantitative estimate of drug-likeness (QED) is 0.869. The van der Waals surface area contributed by atoms with Crippen LogP contribution in [0.3, 0.4) is 0 Å². The lowest BCUT2D eigenvalue weighted by Gasteiger charge is -2.39. The maximum atomic E-state index is 12.9. The van der Waals surface area contributed by atoms with Crippen molar-refractivity contribution in [2.45, 2.75) is 43.6 Å². The molecule has 0 heterocycles. The minimum atomic E-state index is -1.21. The molecule has 1 aliphatic carbocycles. The Kier molecular flexibility index (Phi) is 3.66. The Morgan fingerprint density at radius 1 is 1.33 bits per heavy atom. The highest BCUT2D eigenvalue weighted by Crippen LogP contribution is 2.42. The molecule has 1 saturated carbocycles. The van der Waals surface area contributed by atoms with Gasteiger partial charge in [0.25, 0.3) is 0 Å². The van der Waals surface area contributed by atoms with E-state index in [0.717, 1.165) is 24.8 Å². The summed E-state index contributed by atoms with van der Waals surface area (Å²) in [7, 11) is 0. The summed E-state index contributed by atoms with van der Waals surface area (Å²) in [5.41, 5.74) is -0.387. The standard InChI is InChI=1S/C14H17FO3/c15-11-6-4-10(5-7-11)12-3-1-2-8-14(12,18)9-13(16)17/h4-7,12,18H,1-3,8-9H2,(H,16,17). The number of aliphatic carboxylic acids is 1. The van der Waals surface area contributed by atoms with Gasteiger partial charge in [0.05, 0.1) is 12.0 Å². The zero-order chi connectivity index (χ0) is 13.2.